The Morgan fingerprint density at radius 2 is 1.79 bits per heavy atom. The number of aromatic nitrogens is 1. The van der Waals surface area contributed by atoms with Gasteiger partial charge < -0.3 is 15.8 Å². The van der Waals surface area contributed by atoms with Crippen LogP contribution >= 0.6 is 0 Å². The van der Waals surface area contributed by atoms with Gasteiger partial charge in [0.15, 0.2) is 23.3 Å². The second-order valence-electron chi connectivity index (χ2n) is 9.29. The monoisotopic (exact) mass is 567 g/mol. The number of hydrogen-bond acceptors (Lipinski definition) is 6. The molecule has 1 aliphatic rings. The Balaban J connectivity index is 1.63. The summed E-state index contributed by atoms with van der Waals surface area (Å²) in [6.07, 6.45) is 1.56. The fraction of sp³-hybridized carbons (Fsp3) is 0.280. The van der Waals surface area contributed by atoms with Gasteiger partial charge in [-0.05, 0) is 60.7 Å². The number of pyridine rings is 1. The number of benzene rings is 2. The molecule has 5 N–H and O–H groups in total. The fourth-order valence-electron chi connectivity index (χ4n) is 4.02. The van der Waals surface area contributed by atoms with Crippen molar-refractivity contribution >= 4 is 33.3 Å². The smallest absolute Gasteiger partial charge is 0.300 e. The third kappa shape index (κ3) is 6.29. The van der Waals surface area contributed by atoms with Crippen molar-refractivity contribution in [2.45, 2.75) is 31.7 Å². The Kier molecular flexibility index (Phi) is 7.82. The van der Waals surface area contributed by atoms with Gasteiger partial charge in [0, 0.05) is 19.7 Å². The maximum Gasteiger partial charge on any atom is 0.300 e. The first kappa shape index (κ1) is 28.3. The first-order chi connectivity index (χ1) is 18.3. The molecular formula is C25H25F4N5O4S. The summed E-state index contributed by atoms with van der Waals surface area (Å²) in [6.45, 7) is 1.76. The summed E-state index contributed by atoms with van der Waals surface area (Å²) in [5.74, 6) is -6.70. The summed E-state index contributed by atoms with van der Waals surface area (Å²) >= 11 is 0. The molecule has 2 aromatic carbocycles. The van der Waals surface area contributed by atoms with Gasteiger partial charge >= 0.3 is 10.2 Å². The molecule has 14 heteroatoms. The highest BCUT2D eigenvalue weighted by atomic mass is 32.2. The third-order valence-electron chi connectivity index (χ3n) is 6.14. The van der Waals surface area contributed by atoms with Gasteiger partial charge in [-0.2, -0.15) is 13.1 Å². The Labute approximate surface area is 222 Å². The number of carbonyl (C=O) groups excluding carboxylic acids is 1. The summed E-state index contributed by atoms with van der Waals surface area (Å²) in [6, 6.07) is 6.02. The average molecular weight is 568 g/mol. The van der Waals surface area contributed by atoms with E-state index in [9.17, 15) is 17.6 Å². The molecule has 208 valence electrons. The van der Waals surface area contributed by atoms with Crippen molar-refractivity contribution in [1.29, 1.82) is 0 Å². The molecule has 1 aliphatic carbocycles. The van der Waals surface area contributed by atoms with Crippen molar-refractivity contribution in [3.63, 3.8) is 0 Å². The molecule has 4 rings (SSSR count). The summed E-state index contributed by atoms with van der Waals surface area (Å²) in [5, 5.41) is 2.36. The van der Waals surface area contributed by atoms with E-state index in [1.165, 1.54) is 19.2 Å². The lowest BCUT2D eigenvalue weighted by Crippen LogP contribution is -2.43. The van der Waals surface area contributed by atoms with Gasteiger partial charge in [-0.15, -0.1) is 0 Å². The zero-order chi connectivity index (χ0) is 28.5. The molecule has 39 heavy (non-hydrogen) atoms. The maximum absolute atomic E-state index is 15.2. The number of hydrogen-bond donors (Lipinski definition) is 4. The molecule has 0 aliphatic heterocycles. The van der Waals surface area contributed by atoms with E-state index in [0.29, 0.717) is 18.4 Å². The van der Waals surface area contributed by atoms with Crippen LogP contribution in [0.15, 0.2) is 36.5 Å². The van der Waals surface area contributed by atoms with Crippen molar-refractivity contribution in [3.8, 4) is 0 Å². The van der Waals surface area contributed by atoms with E-state index in [1.807, 2.05) is 4.72 Å². The predicted molar refractivity (Wildman–Crippen MR) is 136 cm³/mol. The van der Waals surface area contributed by atoms with E-state index in [-0.39, 0.29) is 17.9 Å². The van der Waals surface area contributed by atoms with Gasteiger partial charge in [-0.1, -0.05) is 6.07 Å². The van der Waals surface area contributed by atoms with Gasteiger partial charge in [-0.25, -0.2) is 22.5 Å². The van der Waals surface area contributed by atoms with Crippen LogP contribution in [0, 0.1) is 30.2 Å². The number of primary amides is 1. The Morgan fingerprint density at radius 3 is 2.41 bits per heavy atom. The number of ether oxygens (including phenoxy) is 1. The molecule has 1 heterocycles. The van der Waals surface area contributed by atoms with E-state index in [2.05, 4.69) is 15.0 Å². The maximum atomic E-state index is 15.2. The molecule has 0 spiro atoms. The quantitative estimate of drug-likeness (QED) is 0.260. The molecule has 1 saturated carbocycles. The number of halogens is 4. The highest BCUT2D eigenvalue weighted by Gasteiger charge is 2.46. The van der Waals surface area contributed by atoms with Crippen LogP contribution in [0.1, 0.15) is 39.9 Å². The highest BCUT2D eigenvalue weighted by Crippen LogP contribution is 2.36. The minimum atomic E-state index is -4.26. The van der Waals surface area contributed by atoms with Gasteiger partial charge in [0.1, 0.15) is 5.82 Å². The van der Waals surface area contributed by atoms with Crippen molar-refractivity contribution in [1.82, 2.24) is 9.71 Å². The molecule has 0 bridgehead atoms. The first-order valence-corrected chi connectivity index (χ1v) is 13.1. The predicted octanol–water partition coefficient (Wildman–Crippen LogP) is 3.81. The van der Waals surface area contributed by atoms with Crippen molar-refractivity contribution in [2.24, 2.45) is 5.73 Å². The van der Waals surface area contributed by atoms with Gasteiger partial charge in [0.25, 0.3) is 5.91 Å². The standard InChI is InChI=1S/C25H25F4N5O4S/c1-13-3-4-18(17(26)9-13)32-22-16(23(30)35)11-15(19(27)21(22)29)10-14-5-8-31-24(20(14)28)33-39(36,37)34-25(6-7-25)12-38-2/h3-5,8-9,11,32,34H,6-7,10,12H2,1-2H3,(H2,30,35)(H,31,33). The molecule has 0 unspecified atom stereocenters. The van der Waals surface area contributed by atoms with Crippen LogP contribution in [0.2, 0.25) is 0 Å². The summed E-state index contributed by atoms with van der Waals surface area (Å²) in [5.41, 5.74) is 3.04. The Hall–Kier alpha value is -3.75. The largest absolute Gasteiger partial charge is 0.383 e. The van der Waals surface area contributed by atoms with E-state index >= 15 is 13.2 Å². The minimum absolute atomic E-state index is 0.123. The lowest BCUT2D eigenvalue weighted by Gasteiger charge is -2.18. The van der Waals surface area contributed by atoms with Crippen LogP contribution in [0.4, 0.5) is 34.8 Å². The number of nitrogens with zero attached hydrogens (tertiary/aromatic N) is 1. The van der Waals surface area contributed by atoms with Crippen molar-refractivity contribution in [3.05, 3.63) is 82.1 Å². The van der Waals surface area contributed by atoms with E-state index < -0.39 is 74.0 Å². The fourth-order valence-corrected chi connectivity index (χ4v) is 5.30. The van der Waals surface area contributed by atoms with Crippen molar-refractivity contribution < 1.29 is 35.5 Å². The second-order valence-corrected chi connectivity index (χ2v) is 10.7. The molecule has 3 aromatic rings. The third-order valence-corrected chi connectivity index (χ3v) is 7.30. The highest BCUT2D eigenvalue weighted by molar-refractivity contribution is 7.90. The van der Waals surface area contributed by atoms with Crippen LogP contribution in [0.25, 0.3) is 0 Å². The van der Waals surface area contributed by atoms with E-state index in [0.717, 1.165) is 24.4 Å². The number of nitrogens with two attached hydrogens (primary N) is 1. The molecule has 1 fully saturated rings. The summed E-state index contributed by atoms with van der Waals surface area (Å²) < 4.78 is 94.2. The number of nitrogens with one attached hydrogen (secondary N) is 3. The second kappa shape index (κ2) is 10.8. The first-order valence-electron chi connectivity index (χ1n) is 11.6. The Morgan fingerprint density at radius 1 is 1.08 bits per heavy atom. The zero-order valence-corrected chi connectivity index (χ0v) is 21.7. The Bertz CT molecular complexity index is 1550. The molecule has 0 saturated heterocycles. The SMILES string of the molecule is COCC1(NS(=O)(=O)Nc2nccc(Cc3cc(C(N)=O)c(Nc4ccc(C)cc4F)c(F)c3F)c2F)CC1. The topological polar surface area (TPSA) is 135 Å². The molecule has 1 amide bonds. The van der Waals surface area contributed by atoms with Crippen LogP contribution in [-0.2, 0) is 21.4 Å². The van der Waals surface area contributed by atoms with Crippen LogP contribution in [0.5, 0.6) is 0 Å². The van der Waals surface area contributed by atoms with Crippen LogP contribution in [0.3, 0.4) is 0 Å². The molecule has 1 aromatic heterocycles. The number of amides is 1. The van der Waals surface area contributed by atoms with Crippen LogP contribution < -0.4 is 20.5 Å². The molecular weight excluding hydrogens is 542 g/mol. The lowest BCUT2D eigenvalue weighted by atomic mass is 10.00. The lowest BCUT2D eigenvalue weighted by molar-refractivity contribution is 0.100. The van der Waals surface area contributed by atoms with Gasteiger partial charge in [0.05, 0.1) is 29.1 Å². The number of carbonyl (C=O) groups is 1. The van der Waals surface area contributed by atoms with E-state index in [1.54, 1.807) is 6.92 Å². The normalized spacial score (nSPS) is 14.2. The summed E-state index contributed by atoms with van der Waals surface area (Å²) in [4.78, 5) is 15.8. The zero-order valence-electron chi connectivity index (χ0n) is 20.9. The van der Waals surface area contributed by atoms with E-state index in [4.69, 9.17) is 10.5 Å². The minimum Gasteiger partial charge on any atom is -0.383 e. The van der Waals surface area contributed by atoms with Gasteiger partial charge in [-0.3, -0.25) is 9.52 Å². The number of rotatable bonds is 11. The molecule has 0 atom stereocenters. The van der Waals surface area contributed by atoms with Crippen LogP contribution in [-0.4, -0.2) is 38.6 Å². The summed E-state index contributed by atoms with van der Waals surface area (Å²) in [7, 11) is -2.84. The number of anilines is 3. The molecule has 9 nitrogen and oxygen atoms in total. The van der Waals surface area contributed by atoms with Gasteiger partial charge in [0.2, 0.25) is 0 Å². The average Bonchev–Trinajstić information content (AvgIpc) is 3.60. The van der Waals surface area contributed by atoms with Crippen molar-refractivity contribution in [2.75, 3.05) is 23.8 Å². The molecule has 0 radical (unpaired) electrons. The number of methoxy groups -OCH3 is 1. The number of aryl methyl sites for hydroxylation is 1.